The molecule has 1 atom stereocenters. The fraction of sp³-hybridized carbons (Fsp3) is 0.717. The maximum Gasteiger partial charge on any atom is 0.158 e. The van der Waals surface area contributed by atoms with Gasteiger partial charge in [-0.1, -0.05) is 137 Å². The molecule has 1 aliphatic rings. The van der Waals surface area contributed by atoms with Crippen LogP contribution in [0.15, 0.2) is 126 Å². The van der Waals surface area contributed by atoms with E-state index in [1.807, 2.05) is 67.7 Å². The minimum Gasteiger partial charge on any atom is -0.460 e. The Labute approximate surface area is 841 Å². The van der Waals surface area contributed by atoms with Crippen LogP contribution >= 0.6 is 11.3 Å². The van der Waals surface area contributed by atoms with Crippen molar-refractivity contribution in [3.05, 3.63) is 160 Å². The first kappa shape index (κ1) is 143. The van der Waals surface area contributed by atoms with Crippen molar-refractivity contribution in [3.8, 4) is 24.2 Å². The highest BCUT2D eigenvalue weighted by Gasteiger charge is 2.26. The van der Waals surface area contributed by atoms with E-state index in [2.05, 4.69) is 384 Å². The quantitative estimate of drug-likeness (QED) is 0.0117. The van der Waals surface area contributed by atoms with Crippen molar-refractivity contribution in [2.75, 3.05) is 371 Å². The summed E-state index contributed by atoms with van der Waals surface area (Å²) in [6, 6.07) is 37.5. The third-order valence-electron chi connectivity index (χ3n) is 21.0. The monoisotopic (exact) mass is 1930 g/mol. The Morgan fingerprint density at radius 2 is 0.852 bits per heavy atom. The number of nitrogens with zero attached hydrogens (tertiary/aromatic N) is 13. The van der Waals surface area contributed by atoms with Gasteiger partial charge in [-0.3, -0.25) is 0 Å². The maximum atomic E-state index is 8.95. The summed E-state index contributed by atoms with van der Waals surface area (Å²) in [5.74, 6) is 12.2. The van der Waals surface area contributed by atoms with Gasteiger partial charge in [-0.2, -0.15) is 0 Å². The van der Waals surface area contributed by atoms with Crippen molar-refractivity contribution < 1.29 is 98.4 Å². The number of likely N-dealkylation sites (N-methyl/N-ethyl adjacent to an activating group) is 3. The van der Waals surface area contributed by atoms with Gasteiger partial charge < -0.3 is 98.4 Å². The van der Waals surface area contributed by atoms with Crippen LogP contribution in [0, 0.1) is 42.4 Å². The van der Waals surface area contributed by atoms with E-state index < -0.39 is 0 Å². The zero-order chi connectivity index (χ0) is 106. The lowest BCUT2D eigenvalue weighted by Gasteiger charge is -2.32. The molecule has 0 aliphatic heterocycles. The number of benzene rings is 3. The highest BCUT2D eigenvalue weighted by Crippen LogP contribution is 2.25. The number of rotatable bonds is 39. The summed E-state index contributed by atoms with van der Waals surface area (Å²) in [5.41, 5.74) is 5.06. The normalized spacial score (nSPS) is 12.9. The molecule has 0 saturated heterocycles. The molecule has 788 valence electrons. The first-order valence-electron chi connectivity index (χ1n) is 50.3. The van der Waals surface area contributed by atoms with Gasteiger partial charge >= 0.3 is 0 Å². The predicted molar refractivity (Wildman–Crippen MR) is 590 cm³/mol. The van der Waals surface area contributed by atoms with Crippen LogP contribution in [0.1, 0.15) is 164 Å². The van der Waals surface area contributed by atoms with Gasteiger partial charge in [0.15, 0.2) is 5.76 Å². The molecule has 1 aliphatic carbocycles. The fourth-order valence-electron chi connectivity index (χ4n) is 13.5. The zero-order valence-corrected chi connectivity index (χ0v) is 97.5. The molecule has 1 saturated carbocycles. The third kappa shape index (κ3) is 112. The van der Waals surface area contributed by atoms with E-state index in [0.29, 0.717) is 26.4 Å². The molecular formula is C113H230N13O8S+13. The van der Waals surface area contributed by atoms with Gasteiger partial charge in [-0.25, -0.2) is 0 Å². The molecule has 5 aromatic rings. The third-order valence-corrected chi connectivity index (χ3v) is 21.9. The SMILES string of the molecule is C#CC[N+](C)(C)Cc1ccccc1.C=Cc1ccc(C[N+](C)(C)C)cc1.CC(C)(CO)C[N+](C)(C)C.CC(O)C[N+](C)(C)C.CC[N+](C)(CC)CC#Cc1ccccc1.CC[N+](C)(CC)CCO.C[N+](C)(C)CC1CCCCC1.C[N+](C)(C)CCCCCCO.C[N+](C)(C)CCCCO.C[N+](C)(C)CCCO.C[N+](C)(C)CCO.C[N+](C)(C)Cc1cccs1.Cc1ccc(C[N+](C)(C)C)o1. The number of hydrogen-bond donors (Lipinski definition) is 7. The minimum absolute atomic E-state index is 0.0538. The Morgan fingerprint density at radius 1 is 0.430 bits per heavy atom. The molecular weight excluding hydrogens is 1700 g/mol. The van der Waals surface area contributed by atoms with Crippen molar-refractivity contribution in [1.29, 1.82) is 0 Å². The molecule has 0 amide bonds. The van der Waals surface area contributed by atoms with E-state index in [4.69, 9.17) is 46.6 Å². The summed E-state index contributed by atoms with van der Waals surface area (Å²) in [7, 11) is 73.5. The van der Waals surface area contributed by atoms with Crippen LogP contribution in [0.5, 0.6) is 0 Å². The number of quaternary nitrogens is 13. The molecule has 1 unspecified atom stereocenters. The Morgan fingerprint density at radius 3 is 1.16 bits per heavy atom. The van der Waals surface area contributed by atoms with E-state index in [0.717, 1.165) is 212 Å². The lowest BCUT2D eigenvalue weighted by Crippen LogP contribution is -2.45. The Hall–Kier alpha value is -5.30. The highest BCUT2D eigenvalue weighted by molar-refractivity contribution is 7.09. The number of thiophene rings is 1. The van der Waals surface area contributed by atoms with Crippen molar-refractivity contribution >= 4 is 17.4 Å². The van der Waals surface area contributed by atoms with Crippen LogP contribution in [0.2, 0.25) is 0 Å². The number of aliphatic hydroxyl groups excluding tert-OH is 7. The summed E-state index contributed by atoms with van der Waals surface area (Å²) in [4.78, 5) is 1.47. The van der Waals surface area contributed by atoms with Crippen molar-refractivity contribution in [1.82, 2.24) is 0 Å². The lowest BCUT2D eigenvalue weighted by molar-refractivity contribution is -0.906. The fourth-order valence-corrected chi connectivity index (χ4v) is 14.5. The topological polar surface area (TPSA) is 155 Å². The number of terminal acetylenes is 1. The van der Waals surface area contributed by atoms with E-state index in [1.54, 1.807) is 0 Å². The summed E-state index contributed by atoms with van der Waals surface area (Å²) in [6.07, 6.45) is 22.0. The summed E-state index contributed by atoms with van der Waals surface area (Å²) >= 11 is 1.83. The molecule has 2 heterocycles. The van der Waals surface area contributed by atoms with Crippen LogP contribution in [-0.4, -0.2) is 471 Å². The number of aliphatic hydroxyl groups is 7. The molecule has 6 rings (SSSR count). The van der Waals surface area contributed by atoms with Gasteiger partial charge in [0, 0.05) is 54.3 Å². The molecule has 21 nitrogen and oxygen atoms in total. The average Bonchev–Trinajstić information content (AvgIpc) is 1.43. The smallest absolute Gasteiger partial charge is 0.158 e. The Bertz CT molecular complexity index is 3600. The standard InChI is InChI=1S/C14H20N.C12H18N.C12H16N.C10H22N.C9H16NO.C9H22NO.C8H20NO.C8H14NS.2C7H18NO.2C6H16NO.C5H14NO/c1-4-15(3,5-2)13-9-12-14-10-7-6-8-11-14;1-5-11-6-8-12(9-7-11)10-13(2,3)4;1-4-10-13(2,3)11-12-8-6-5-7-9-12;1-11(2,3)9-10-7-5-4-6-8-10;1-8-5-6-9(11-8)7-10(2,3)4;1-10(2,3)8-6-4-5-7-9-11;1-8(2,7-10)6-9(3,4)5;1-9(2,3)7-8-5-4-6-10-8;1-8(2,3)6-4-5-7-9;1-4-8(3,5-2)6-7-9;1-6(8)5-7(2,3)4;1-7(2,3)5-4-6-8;1-6(2,3)4-5-7/h6-8,10-11H,4-5,13H2,1-3H3;5-9H,1,10H2,2-4H3;1,5-9H,10-11H2,2-3H3;10H,4-9H2,1-3H3;5-6H,7H2,1-4H3;11H,4-9H2,1-3H3;10H,6-7H2,1-5H3;4-6H,7H2,1-3H3;2*9H,4-7H2,1-3H3;6,8H,5H2,1-4H3;8H,4-6H2,1-3H3;7H,4-5H2,1-3H3/q13*+1. The molecule has 7 N–H and O–H groups in total. The molecule has 1 fully saturated rings. The second-order valence-electron chi connectivity index (χ2n) is 49.1. The lowest BCUT2D eigenvalue weighted by atomic mass is 9.89. The first-order valence-corrected chi connectivity index (χ1v) is 51.1. The van der Waals surface area contributed by atoms with Gasteiger partial charge in [-0.15, -0.1) is 17.8 Å². The Kier molecular flexibility index (Phi) is 79.8. The van der Waals surface area contributed by atoms with Gasteiger partial charge in [-0.05, 0) is 140 Å². The molecule has 0 spiro atoms. The van der Waals surface area contributed by atoms with Gasteiger partial charge in [0.2, 0.25) is 0 Å². The van der Waals surface area contributed by atoms with E-state index in [1.165, 1.54) is 86.0 Å². The van der Waals surface area contributed by atoms with Crippen molar-refractivity contribution in [3.63, 3.8) is 0 Å². The van der Waals surface area contributed by atoms with Crippen LogP contribution < -0.4 is 0 Å². The van der Waals surface area contributed by atoms with Gasteiger partial charge in [0.25, 0.3) is 0 Å². The zero-order valence-electron chi connectivity index (χ0n) is 96.7. The van der Waals surface area contributed by atoms with Crippen LogP contribution in [0.4, 0.5) is 0 Å². The Balaban J connectivity index is -0.000000264. The molecule has 2 aromatic heterocycles. The molecule has 135 heavy (non-hydrogen) atoms. The number of hydrogen-bond acceptors (Lipinski definition) is 9. The summed E-state index contributed by atoms with van der Waals surface area (Å²) in [5, 5.41) is 62.4. The largest absolute Gasteiger partial charge is 0.460 e. The van der Waals surface area contributed by atoms with Crippen LogP contribution in [0.25, 0.3) is 6.08 Å². The van der Waals surface area contributed by atoms with Crippen molar-refractivity contribution in [2.24, 2.45) is 11.3 Å². The van der Waals surface area contributed by atoms with Gasteiger partial charge in [0.1, 0.15) is 70.8 Å². The summed E-state index contributed by atoms with van der Waals surface area (Å²) < 4.78 is 17.9. The van der Waals surface area contributed by atoms with Crippen molar-refractivity contribution in [2.45, 2.75) is 165 Å². The van der Waals surface area contributed by atoms with E-state index in [-0.39, 0.29) is 24.7 Å². The first-order chi connectivity index (χ1) is 61.6. The van der Waals surface area contributed by atoms with E-state index in [9.17, 15) is 0 Å². The molecule has 0 bridgehead atoms. The summed E-state index contributed by atoms with van der Waals surface area (Å²) in [6.45, 7) is 41.0. The maximum absolute atomic E-state index is 8.95. The predicted octanol–water partition coefficient (Wildman–Crippen LogP) is 15.7. The highest BCUT2D eigenvalue weighted by atomic mass is 32.1. The second kappa shape index (κ2) is 75.5. The minimum atomic E-state index is -0.185. The van der Waals surface area contributed by atoms with Crippen LogP contribution in [-0.2, 0) is 26.2 Å². The molecule has 22 heteroatoms. The molecule has 3 aromatic carbocycles. The molecule has 0 radical (unpaired) electrons. The second-order valence-corrected chi connectivity index (χ2v) is 50.1. The average molecular weight is 1930 g/mol. The van der Waals surface area contributed by atoms with Gasteiger partial charge in [0.05, 0.1) is 323 Å². The number of furan rings is 1. The van der Waals surface area contributed by atoms with E-state index >= 15 is 0 Å². The number of aryl methyl sites for hydroxylation is 1. The number of unbranched alkanes of at least 4 members (excludes halogenated alkanes) is 4. The van der Waals surface area contributed by atoms with Crippen LogP contribution in [0.3, 0.4) is 0 Å².